The van der Waals surface area contributed by atoms with E-state index in [0.29, 0.717) is 12.1 Å². The number of rotatable bonds is 4. The van der Waals surface area contributed by atoms with Crippen molar-refractivity contribution in [2.24, 2.45) is 0 Å². The monoisotopic (exact) mass is 244 g/mol. The van der Waals surface area contributed by atoms with E-state index in [0.717, 1.165) is 0 Å². The lowest BCUT2D eigenvalue weighted by molar-refractivity contribution is -0.402. The molecule has 0 saturated carbocycles. The lowest BCUT2D eigenvalue weighted by Gasteiger charge is -2.02. The second-order valence-corrected chi connectivity index (χ2v) is 2.74. The third-order valence-corrected chi connectivity index (χ3v) is 1.80. The van der Waals surface area contributed by atoms with E-state index >= 15 is 0 Å². The Labute approximate surface area is 91.7 Å². The van der Waals surface area contributed by atoms with E-state index < -0.39 is 37.5 Å². The van der Waals surface area contributed by atoms with Gasteiger partial charge in [-0.2, -0.15) is 0 Å². The van der Waals surface area contributed by atoms with Gasteiger partial charge in [0.05, 0.1) is 26.9 Å². The molecule has 0 saturated heterocycles. The van der Waals surface area contributed by atoms with Crippen molar-refractivity contribution in [2.75, 3.05) is 5.48 Å². The number of hydrogen-bond acceptors (Lipinski definition) is 8. The average Bonchev–Trinajstić information content (AvgIpc) is 2.26. The molecule has 0 fully saturated rings. The van der Waals surface area contributed by atoms with Crippen LogP contribution >= 0.6 is 0 Å². The van der Waals surface area contributed by atoms with Crippen LogP contribution in [-0.4, -0.2) is 20.0 Å². The van der Waals surface area contributed by atoms with Crippen molar-refractivity contribution in [2.45, 2.75) is 0 Å². The van der Waals surface area contributed by atoms with Gasteiger partial charge in [-0.3, -0.25) is 41.0 Å². The van der Waals surface area contributed by atoms with Crippen LogP contribution in [-0.2, 0) is 0 Å². The highest BCUT2D eigenvalue weighted by atomic mass is 16.6. The smallest absolute Gasteiger partial charge is 0.291 e. The molecule has 17 heavy (non-hydrogen) atoms. The van der Waals surface area contributed by atoms with E-state index in [4.69, 9.17) is 5.21 Å². The first-order chi connectivity index (χ1) is 7.88. The predicted molar refractivity (Wildman–Crippen MR) is 51.8 cm³/mol. The van der Waals surface area contributed by atoms with Gasteiger partial charge in [-0.1, -0.05) is 0 Å². The molecule has 0 unspecified atom stereocenters. The number of nitro benzene ring substituents is 3. The summed E-state index contributed by atoms with van der Waals surface area (Å²) in [5.74, 6) is 0. The van der Waals surface area contributed by atoms with E-state index in [1.54, 1.807) is 0 Å². The topological polar surface area (TPSA) is 162 Å². The summed E-state index contributed by atoms with van der Waals surface area (Å²) < 4.78 is 0. The standard InChI is InChI=1S/C6H4N4O7/c11-7-6-4(9(14)15)1-3(8(12)13)2-5(6)10(16)17/h1-2,7,11H. The molecule has 0 aliphatic carbocycles. The first kappa shape index (κ1) is 12.3. The van der Waals surface area contributed by atoms with Gasteiger partial charge >= 0.3 is 11.4 Å². The van der Waals surface area contributed by atoms with Gasteiger partial charge in [-0.25, -0.2) is 0 Å². The molecular formula is C6H4N4O7. The van der Waals surface area contributed by atoms with Crippen LogP contribution in [0.25, 0.3) is 0 Å². The summed E-state index contributed by atoms with van der Waals surface area (Å²) in [6, 6.07) is 1.01. The maximum Gasteiger partial charge on any atom is 0.308 e. The molecular weight excluding hydrogens is 240 g/mol. The number of benzene rings is 1. The van der Waals surface area contributed by atoms with Gasteiger partial charge in [-0.15, -0.1) is 0 Å². The van der Waals surface area contributed by atoms with Gasteiger partial charge in [0.2, 0.25) is 5.69 Å². The number of anilines is 1. The first-order valence-corrected chi connectivity index (χ1v) is 3.89. The molecule has 1 aromatic carbocycles. The Morgan fingerprint density at radius 2 is 1.35 bits per heavy atom. The van der Waals surface area contributed by atoms with Crippen LogP contribution in [0.1, 0.15) is 0 Å². The van der Waals surface area contributed by atoms with Crippen LogP contribution in [0.15, 0.2) is 12.1 Å². The summed E-state index contributed by atoms with van der Waals surface area (Å²) in [4.78, 5) is 28.3. The Hall–Kier alpha value is -2.82. The molecule has 11 nitrogen and oxygen atoms in total. The fraction of sp³-hybridized carbons (Fsp3) is 0. The van der Waals surface area contributed by atoms with Crippen molar-refractivity contribution in [1.82, 2.24) is 0 Å². The minimum Gasteiger partial charge on any atom is -0.291 e. The summed E-state index contributed by atoms with van der Waals surface area (Å²) in [5, 5.41) is 40.1. The molecule has 0 aliphatic heterocycles. The first-order valence-electron chi connectivity index (χ1n) is 3.89. The highest BCUT2D eigenvalue weighted by Crippen LogP contribution is 2.37. The molecule has 2 N–H and O–H groups in total. The molecule has 1 rings (SSSR count). The molecule has 0 radical (unpaired) electrons. The van der Waals surface area contributed by atoms with Crippen molar-refractivity contribution in [1.29, 1.82) is 0 Å². The van der Waals surface area contributed by atoms with Crippen LogP contribution in [0.3, 0.4) is 0 Å². The van der Waals surface area contributed by atoms with E-state index in [9.17, 15) is 30.3 Å². The van der Waals surface area contributed by atoms with Gasteiger partial charge in [0, 0.05) is 0 Å². The van der Waals surface area contributed by atoms with E-state index in [-0.39, 0.29) is 0 Å². The Kier molecular flexibility index (Phi) is 3.14. The van der Waals surface area contributed by atoms with E-state index in [1.807, 2.05) is 0 Å². The highest BCUT2D eigenvalue weighted by Gasteiger charge is 2.30. The minimum atomic E-state index is -1.08. The SMILES string of the molecule is O=[N+]([O-])c1cc([N+](=O)[O-])c(NO)c([N+](=O)[O-])c1. The predicted octanol–water partition coefficient (Wildman–Crippen LogP) is 1.21. The van der Waals surface area contributed by atoms with Gasteiger partial charge in [0.15, 0.2) is 0 Å². The van der Waals surface area contributed by atoms with Gasteiger partial charge in [0.1, 0.15) is 0 Å². The molecule has 0 aliphatic rings. The van der Waals surface area contributed by atoms with Crippen molar-refractivity contribution >= 4 is 22.7 Å². The van der Waals surface area contributed by atoms with Crippen LogP contribution in [0, 0.1) is 30.3 Å². The zero-order valence-corrected chi connectivity index (χ0v) is 7.89. The summed E-state index contributed by atoms with van der Waals surface area (Å²) in [6.07, 6.45) is 0. The summed E-state index contributed by atoms with van der Waals surface area (Å²) in [7, 11) is 0. The lowest BCUT2D eigenvalue weighted by Crippen LogP contribution is -2.03. The number of nitrogens with one attached hydrogen (secondary N) is 1. The summed E-state index contributed by atoms with van der Waals surface area (Å²) in [5.41, 5.74) is -2.27. The molecule has 0 heterocycles. The fourth-order valence-electron chi connectivity index (χ4n) is 1.11. The molecule has 0 atom stereocenters. The number of hydrogen-bond donors (Lipinski definition) is 2. The minimum absolute atomic E-state index is 0.506. The molecule has 0 aromatic heterocycles. The second kappa shape index (κ2) is 4.36. The van der Waals surface area contributed by atoms with Crippen LogP contribution in [0.4, 0.5) is 22.7 Å². The molecule has 0 amide bonds. The maximum atomic E-state index is 10.5. The van der Waals surface area contributed by atoms with Crippen molar-refractivity contribution in [3.05, 3.63) is 42.5 Å². The fourth-order valence-corrected chi connectivity index (χ4v) is 1.11. The Balaban J connectivity index is 3.63. The second-order valence-electron chi connectivity index (χ2n) is 2.74. The lowest BCUT2D eigenvalue weighted by atomic mass is 10.2. The van der Waals surface area contributed by atoms with Crippen LogP contribution < -0.4 is 5.48 Å². The van der Waals surface area contributed by atoms with Gasteiger partial charge < -0.3 is 0 Å². The quantitative estimate of drug-likeness (QED) is 0.589. The Morgan fingerprint density at radius 1 is 0.941 bits per heavy atom. The summed E-state index contributed by atoms with van der Waals surface area (Å²) >= 11 is 0. The van der Waals surface area contributed by atoms with Gasteiger partial charge in [0.25, 0.3) is 5.69 Å². The molecule has 11 heteroatoms. The zero-order chi connectivity index (χ0) is 13.2. The Morgan fingerprint density at radius 3 is 1.59 bits per heavy atom. The zero-order valence-electron chi connectivity index (χ0n) is 7.89. The normalized spacial score (nSPS) is 9.71. The third-order valence-electron chi connectivity index (χ3n) is 1.80. The largest absolute Gasteiger partial charge is 0.308 e. The van der Waals surface area contributed by atoms with Crippen molar-refractivity contribution in [3.8, 4) is 0 Å². The average molecular weight is 244 g/mol. The maximum absolute atomic E-state index is 10.5. The number of nitro groups is 3. The molecule has 1 aromatic rings. The van der Waals surface area contributed by atoms with Crippen molar-refractivity contribution < 1.29 is 20.0 Å². The summed E-state index contributed by atoms with van der Waals surface area (Å²) in [6.45, 7) is 0. The number of non-ortho nitro benzene ring substituents is 1. The molecule has 90 valence electrons. The number of nitrogens with zero attached hydrogens (tertiary/aromatic N) is 3. The third kappa shape index (κ3) is 2.23. The van der Waals surface area contributed by atoms with E-state index in [2.05, 4.69) is 0 Å². The molecule has 0 bridgehead atoms. The van der Waals surface area contributed by atoms with E-state index in [1.165, 1.54) is 5.48 Å². The van der Waals surface area contributed by atoms with Crippen LogP contribution in [0.2, 0.25) is 0 Å². The molecule has 0 spiro atoms. The highest BCUT2D eigenvalue weighted by molar-refractivity contribution is 5.76. The van der Waals surface area contributed by atoms with Crippen molar-refractivity contribution in [3.63, 3.8) is 0 Å². The van der Waals surface area contributed by atoms with Crippen LogP contribution in [0.5, 0.6) is 0 Å². The Bertz CT molecular complexity index is 478. The van der Waals surface area contributed by atoms with Gasteiger partial charge in [-0.05, 0) is 0 Å².